The Morgan fingerprint density at radius 2 is 2.14 bits per heavy atom. The maximum absolute atomic E-state index is 11.9. The number of rotatable bonds is 4. The summed E-state index contributed by atoms with van der Waals surface area (Å²) in [6, 6.07) is 2.15. The van der Waals surface area contributed by atoms with Crippen LogP contribution in [-0.4, -0.2) is 29.4 Å². The van der Waals surface area contributed by atoms with E-state index in [4.69, 9.17) is 4.42 Å². The number of aryl methyl sites for hydroxylation is 2. The number of likely N-dealkylation sites (tertiary alicyclic amines) is 1. The number of aromatic nitrogens is 2. The van der Waals surface area contributed by atoms with Crippen LogP contribution in [0.15, 0.2) is 15.3 Å². The van der Waals surface area contributed by atoms with Crippen LogP contribution in [0.1, 0.15) is 29.7 Å². The Morgan fingerprint density at radius 3 is 2.95 bits per heavy atom. The van der Waals surface area contributed by atoms with E-state index in [1.54, 1.807) is 16.2 Å². The fourth-order valence-electron chi connectivity index (χ4n) is 3.37. The number of nitrogens with one attached hydrogen (secondary N) is 1. The molecule has 6 heteroatoms. The van der Waals surface area contributed by atoms with Gasteiger partial charge in [-0.1, -0.05) is 0 Å². The highest BCUT2D eigenvalue weighted by Gasteiger charge is 2.20. The van der Waals surface area contributed by atoms with Gasteiger partial charge in [0.2, 0.25) is 0 Å². The van der Waals surface area contributed by atoms with Crippen molar-refractivity contribution in [2.24, 2.45) is 0 Å². The van der Waals surface area contributed by atoms with Crippen LogP contribution in [0.3, 0.4) is 0 Å². The van der Waals surface area contributed by atoms with Crippen molar-refractivity contribution in [3.05, 3.63) is 27.1 Å². The van der Waals surface area contributed by atoms with Crippen molar-refractivity contribution in [3.63, 3.8) is 0 Å². The van der Waals surface area contributed by atoms with Gasteiger partial charge in [0, 0.05) is 17.7 Å². The normalized spacial score (nSPS) is 18.5. The second kappa shape index (κ2) is 5.42. The van der Waals surface area contributed by atoms with Gasteiger partial charge in [0.15, 0.2) is 0 Å². The van der Waals surface area contributed by atoms with Gasteiger partial charge in [-0.2, -0.15) is 4.68 Å². The van der Waals surface area contributed by atoms with E-state index in [2.05, 4.69) is 11.2 Å². The summed E-state index contributed by atoms with van der Waals surface area (Å²) in [5.41, 5.74) is 1.41. The molecule has 0 amide bonds. The average Bonchev–Trinajstić information content (AvgIpc) is 3.20. The standard InChI is InChI=1S/C15H19N3O2S/c19-15-18(9-8-17-6-1-2-7-17)16-14(20-15)13-10-11-4-3-5-12(11)21-13/h10H,1-9H2/p+1. The maximum atomic E-state index is 11.9. The van der Waals surface area contributed by atoms with Crippen LogP contribution in [0, 0.1) is 0 Å². The molecule has 0 radical (unpaired) electrons. The van der Waals surface area contributed by atoms with E-state index < -0.39 is 0 Å². The molecule has 0 bridgehead atoms. The number of hydrogen-bond donors (Lipinski definition) is 1. The third-order valence-corrected chi connectivity index (χ3v) is 5.78. The molecular formula is C15H20N3O2S+. The Balaban J connectivity index is 1.51. The van der Waals surface area contributed by atoms with Crippen molar-refractivity contribution in [1.29, 1.82) is 0 Å². The molecule has 4 rings (SSSR count). The third-order valence-electron chi connectivity index (χ3n) is 4.55. The van der Waals surface area contributed by atoms with Crippen LogP contribution in [-0.2, 0) is 19.4 Å². The van der Waals surface area contributed by atoms with Gasteiger partial charge >= 0.3 is 5.76 Å². The highest BCUT2D eigenvalue weighted by molar-refractivity contribution is 7.15. The van der Waals surface area contributed by atoms with Crippen LogP contribution in [0.5, 0.6) is 0 Å². The average molecular weight is 306 g/mol. The molecule has 5 nitrogen and oxygen atoms in total. The van der Waals surface area contributed by atoms with Crippen molar-refractivity contribution < 1.29 is 9.32 Å². The first kappa shape index (κ1) is 13.3. The summed E-state index contributed by atoms with van der Waals surface area (Å²) in [4.78, 5) is 15.9. The molecule has 1 N–H and O–H groups in total. The second-order valence-electron chi connectivity index (χ2n) is 6.02. The number of thiophene rings is 1. The largest absolute Gasteiger partial charge is 0.437 e. The first-order valence-corrected chi connectivity index (χ1v) is 8.65. The van der Waals surface area contributed by atoms with Crippen LogP contribution >= 0.6 is 11.3 Å². The molecule has 0 saturated carbocycles. The zero-order valence-electron chi connectivity index (χ0n) is 12.1. The minimum atomic E-state index is -0.322. The molecular weight excluding hydrogens is 286 g/mol. The zero-order chi connectivity index (χ0) is 14.2. The molecule has 2 aliphatic rings. The molecule has 0 aromatic carbocycles. The summed E-state index contributed by atoms with van der Waals surface area (Å²) in [6.07, 6.45) is 6.15. The lowest BCUT2D eigenvalue weighted by Crippen LogP contribution is -3.10. The van der Waals surface area contributed by atoms with Crippen molar-refractivity contribution in [2.75, 3.05) is 19.6 Å². The predicted octanol–water partition coefficient (Wildman–Crippen LogP) is 0.732. The van der Waals surface area contributed by atoms with E-state index in [9.17, 15) is 4.79 Å². The monoisotopic (exact) mass is 306 g/mol. The van der Waals surface area contributed by atoms with Crippen LogP contribution in [0.2, 0.25) is 0 Å². The summed E-state index contributed by atoms with van der Waals surface area (Å²) in [5.74, 6) is 0.174. The van der Waals surface area contributed by atoms with Crippen LogP contribution < -0.4 is 10.7 Å². The minimum absolute atomic E-state index is 0.322. The Hall–Kier alpha value is -1.40. The fourth-order valence-corrected chi connectivity index (χ4v) is 4.55. The second-order valence-corrected chi connectivity index (χ2v) is 7.15. The van der Waals surface area contributed by atoms with Gasteiger partial charge in [-0.05, 0) is 30.9 Å². The molecule has 112 valence electrons. The summed E-state index contributed by atoms with van der Waals surface area (Å²) in [5, 5.41) is 4.39. The molecule has 0 unspecified atom stereocenters. The van der Waals surface area contributed by atoms with E-state index in [0.717, 1.165) is 24.3 Å². The molecule has 2 aromatic heterocycles. The van der Waals surface area contributed by atoms with Gasteiger partial charge in [0.05, 0.1) is 31.1 Å². The highest BCUT2D eigenvalue weighted by atomic mass is 32.1. The fraction of sp³-hybridized carbons (Fsp3) is 0.600. The van der Waals surface area contributed by atoms with Crippen molar-refractivity contribution in [2.45, 2.75) is 38.6 Å². The molecule has 1 fully saturated rings. The molecule has 1 aliphatic carbocycles. The van der Waals surface area contributed by atoms with E-state index in [-0.39, 0.29) is 5.76 Å². The van der Waals surface area contributed by atoms with E-state index in [1.807, 2.05) is 0 Å². The molecule has 1 aliphatic heterocycles. The van der Waals surface area contributed by atoms with Gasteiger partial charge < -0.3 is 9.32 Å². The Labute approximate surface area is 127 Å². The van der Waals surface area contributed by atoms with E-state index in [1.165, 1.54) is 47.5 Å². The van der Waals surface area contributed by atoms with Crippen LogP contribution in [0.25, 0.3) is 10.8 Å². The Kier molecular flexibility index (Phi) is 3.43. The SMILES string of the molecule is O=c1oc(-c2cc3c(s2)CCC3)nn1CC[NH+]1CCCC1. The van der Waals surface area contributed by atoms with Gasteiger partial charge in [-0.3, -0.25) is 0 Å². The van der Waals surface area contributed by atoms with Crippen molar-refractivity contribution in [3.8, 4) is 10.8 Å². The molecule has 0 spiro atoms. The lowest BCUT2D eigenvalue weighted by atomic mass is 10.2. The van der Waals surface area contributed by atoms with Crippen molar-refractivity contribution >= 4 is 11.3 Å². The number of fused-ring (bicyclic) bond motifs is 1. The first-order chi connectivity index (χ1) is 10.3. The quantitative estimate of drug-likeness (QED) is 0.906. The number of quaternary nitrogens is 1. The first-order valence-electron chi connectivity index (χ1n) is 7.83. The molecule has 1 saturated heterocycles. The topological polar surface area (TPSA) is 52.5 Å². The Bertz CT molecular complexity index is 673. The van der Waals surface area contributed by atoms with Gasteiger partial charge in [0.25, 0.3) is 5.89 Å². The maximum Gasteiger partial charge on any atom is 0.437 e. The summed E-state index contributed by atoms with van der Waals surface area (Å²) >= 11 is 1.73. The lowest BCUT2D eigenvalue weighted by molar-refractivity contribution is -0.888. The van der Waals surface area contributed by atoms with Gasteiger partial charge in [0.1, 0.15) is 0 Å². The molecule has 2 aromatic rings. The van der Waals surface area contributed by atoms with Gasteiger partial charge in [-0.15, -0.1) is 16.4 Å². The minimum Gasteiger partial charge on any atom is -0.387 e. The predicted molar refractivity (Wildman–Crippen MR) is 80.9 cm³/mol. The summed E-state index contributed by atoms with van der Waals surface area (Å²) in [6.45, 7) is 4.06. The zero-order valence-corrected chi connectivity index (χ0v) is 12.9. The van der Waals surface area contributed by atoms with Crippen LogP contribution in [0.4, 0.5) is 0 Å². The molecule has 21 heavy (non-hydrogen) atoms. The van der Waals surface area contributed by atoms with E-state index >= 15 is 0 Å². The highest BCUT2D eigenvalue weighted by Crippen LogP contribution is 2.35. The smallest absolute Gasteiger partial charge is 0.387 e. The number of nitrogens with zero attached hydrogens (tertiary/aromatic N) is 2. The number of hydrogen-bond acceptors (Lipinski definition) is 4. The molecule has 0 atom stereocenters. The molecule has 3 heterocycles. The summed E-state index contributed by atoms with van der Waals surface area (Å²) < 4.78 is 6.84. The lowest BCUT2D eigenvalue weighted by Gasteiger charge is -2.10. The third kappa shape index (κ3) is 2.58. The van der Waals surface area contributed by atoms with E-state index in [0.29, 0.717) is 12.4 Å². The van der Waals surface area contributed by atoms with Crippen molar-refractivity contribution in [1.82, 2.24) is 9.78 Å². The summed E-state index contributed by atoms with van der Waals surface area (Å²) in [7, 11) is 0. The van der Waals surface area contributed by atoms with Gasteiger partial charge in [-0.25, -0.2) is 4.79 Å². The Morgan fingerprint density at radius 1 is 1.29 bits per heavy atom.